The fourth-order valence-electron chi connectivity index (χ4n) is 2.03. The normalized spacial score (nSPS) is 9.74. The van der Waals surface area contributed by atoms with Gasteiger partial charge in [-0.15, -0.1) is 0 Å². The van der Waals surface area contributed by atoms with Gasteiger partial charge in [0, 0.05) is 5.69 Å². The molecule has 5 nitrogen and oxygen atoms in total. The zero-order chi connectivity index (χ0) is 16.5. The van der Waals surface area contributed by atoms with E-state index in [1.54, 1.807) is 24.3 Å². The van der Waals surface area contributed by atoms with E-state index in [9.17, 15) is 4.79 Å². The fraction of sp³-hybridized carbons (Fsp3) is 0.222. The van der Waals surface area contributed by atoms with Crippen LogP contribution in [0.1, 0.15) is 18.1 Å². The molecule has 0 radical (unpaired) electrons. The monoisotopic (exact) mass is 309 g/mol. The van der Waals surface area contributed by atoms with Gasteiger partial charge in [0.15, 0.2) is 0 Å². The molecule has 0 unspecified atom stereocenters. The summed E-state index contributed by atoms with van der Waals surface area (Å²) in [6.07, 6.45) is 0.958. The van der Waals surface area contributed by atoms with E-state index in [4.69, 9.17) is 10.00 Å². The number of hydrogen-bond acceptors (Lipinski definition) is 3. The molecule has 2 N–H and O–H groups in total. The van der Waals surface area contributed by atoms with Crippen LogP contribution in [0, 0.1) is 11.3 Å². The predicted molar refractivity (Wildman–Crippen MR) is 89.5 cm³/mol. The van der Waals surface area contributed by atoms with Crippen molar-refractivity contribution in [3.63, 3.8) is 0 Å². The molecule has 0 aromatic heterocycles. The van der Waals surface area contributed by atoms with E-state index in [-0.39, 0.29) is 6.03 Å². The molecule has 118 valence electrons. The Kier molecular flexibility index (Phi) is 6.01. The van der Waals surface area contributed by atoms with Crippen molar-refractivity contribution < 1.29 is 9.53 Å². The minimum atomic E-state index is -0.328. The zero-order valence-corrected chi connectivity index (χ0v) is 13.0. The van der Waals surface area contributed by atoms with Crippen molar-refractivity contribution in [2.45, 2.75) is 13.3 Å². The Bertz CT molecular complexity index is 707. The maximum atomic E-state index is 11.8. The Morgan fingerprint density at radius 1 is 1.22 bits per heavy atom. The Morgan fingerprint density at radius 2 is 2.04 bits per heavy atom. The number of amides is 2. The second-order valence-corrected chi connectivity index (χ2v) is 4.92. The molecule has 2 aromatic carbocycles. The highest BCUT2D eigenvalue weighted by Crippen LogP contribution is 2.13. The van der Waals surface area contributed by atoms with E-state index in [2.05, 4.69) is 17.6 Å². The molecule has 0 heterocycles. The Balaban J connectivity index is 1.73. The summed E-state index contributed by atoms with van der Waals surface area (Å²) >= 11 is 0. The molecule has 0 aliphatic rings. The number of ether oxygens (including phenoxy) is 1. The van der Waals surface area contributed by atoms with Crippen molar-refractivity contribution in [1.82, 2.24) is 5.32 Å². The van der Waals surface area contributed by atoms with Crippen LogP contribution in [-0.4, -0.2) is 19.2 Å². The smallest absolute Gasteiger partial charge is 0.319 e. The third kappa shape index (κ3) is 5.36. The maximum Gasteiger partial charge on any atom is 0.319 e. The first kappa shape index (κ1) is 16.4. The van der Waals surface area contributed by atoms with Crippen molar-refractivity contribution in [1.29, 1.82) is 5.26 Å². The largest absolute Gasteiger partial charge is 0.492 e. The first-order chi connectivity index (χ1) is 11.2. The number of anilines is 1. The van der Waals surface area contributed by atoms with E-state index in [0.717, 1.165) is 12.2 Å². The van der Waals surface area contributed by atoms with Gasteiger partial charge in [0.2, 0.25) is 0 Å². The number of nitrogens with zero attached hydrogens (tertiary/aromatic N) is 1. The summed E-state index contributed by atoms with van der Waals surface area (Å²) in [5.74, 6) is 0.799. The zero-order valence-electron chi connectivity index (χ0n) is 13.0. The molecular weight excluding hydrogens is 290 g/mol. The topological polar surface area (TPSA) is 74.2 Å². The number of benzene rings is 2. The average molecular weight is 309 g/mol. The molecular formula is C18H19N3O2. The number of nitriles is 1. The molecule has 0 spiro atoms. The van der Waals surface area contributed by atoms with Gasteiger partial charge < -0.3 is 15.4 Å². The summed E-state index contributed by atoms with van der Waals surface area (Å²) < 4.78 is 5.60. The lowest BCUT2D eigenvalue weighted by Gasteiger charge is -2.10. The van der Waals surface area contributed by atoms with E-state index >= 15 is 0 Å². The van der Waals surface area contributed by atoms with Crippen LogP contribution in [0.3, 0.4) is 0 Å². The number of nitrogens with one attached hydrogen (secondary N) is 2. The van der Waals surface area contributed by atoms with Gasteiger partial charge in [-0.1, -0.05) is 25.1 Å². The Morgan fingerprint density at radius 3 is 2.83 bits per heavy atom. The van der Waals surface area contributed by atoms with E-state index < -0.39 is 0 Å². The van der Waals surface area contributed by atoms with Crippen LogP contribution in [0.15, 0.2) is 48.5 Å². The van der Waals surface area contributed by atoms with Gasteiger partial charge in [0.25, 0.3) is 0 Å². The van der Waals surface area contributed by atoms with Crippen LogP contribution in [0.5, 0.6) is 5.75 Å². The first-order valence-electron chi connectivity index (χ1n) is 7.48. The van der Waals surface area contributed by atoms with Gasteiger partial charge in [-0.3, -0.25) is 0 Å². The van der Waals surface area contributed by atoms with Crippen LogP contribution in [0.2, 0.25) is 0 Å². The number of hydrogen-bond donors (Lipinski definition) is 2. The van der Waals surface area contributed by atoms with Crippen molar-refractivity contribution in [2.24, 2.45) is 0 Å². The second kappa shape index (κ2) is 8.44. The van der Waals surface area contributed by atoms with Crippen LogP contribution in [0.4, 0.5) is 10.5 Å². The highest BCUT2D eigenvalue weighted by molar-refractivity contribution is 5.89. The van der Waals surface area contributed by atoms with E-state index in [1.807, 2.05) is 30.3 Å². The van der Waals surface area contributed by atoms with Gasteiger partial charge in [0.1, 0.15) is 12.4 Å². The molecule has 0 fully saturated rings. The molecule has 0 atom stereocenters. The van der Waals surface area contributed by atoms with Crippen molar-refractivity contribution in [3.8, 4) is 11.8 Å². The van der Waals surface area contributed by atoms with E-state index in [1.165, 1.54) is 5.56 Å². The summed E-state index contributed by atoms with van der Waals surface area (Å²) in [6, 6.07) is 16.3. The molecule has 0 bridgehead atoms. The fourth-order valence-corrected chi connectivity index (χ4v) is 2.03. The van der Waals surface area contributed by atoms with Gasteiger partial charge in [-0.2, -0.15) is 5.26 Å². The molecule has 0 aliphatic heterocycles. The quantitative estimate of drug-likeness (QED) is 0.804. The lowest BCUT2D eigenvalue weighted by Crippen LogP contribution is -2.32. The molecule has 23 heavy (non-hydrogen) atoms. The van der Waals surface area contributed by atoms with Crippen molar-refractivity contribution in [3.05, 3.63) is 59.7 Å². The van der Waals surface area contributed by atoms with Gasteiger partial charge in [-0.05, 0) is 42.3 Å². The molecule has 0 saturated heterocycles. The molecule has 0 saturated carbocycles. The Labute approximate surface area is 135 Å². The third-order valence-electron chi connectivity index (χ3n) is 3.21. The van der Waals surface area contributed by atoms with Crippen molar-refractivity contribution >= 4 is 11.7 Å². The summed E-state index contributed by atoms with van der Waals surface area (Å²) in [5, 5.41) is 14.2. The number of carbonyl (C=O) groups excluding carboxylic acids is 1. The summed E-state index contributed by atoms with van der Waals surface area (Å²) in [7, 11) is 0. The standard InChI is InChI=1S/C18H19N3O2/c1-2-14-5-4-8-17(12-14)23-10-9-20-18(22)21-16-7-3-6-15(11-16)13-19/h3-8,11-12H,2,9-10H2,1H3,(H2,20,21,22). The highest BCUT2D eigenvalue weighted by Gasteiger charge is 2.02. The van der Waals surface area contributed by atoms with Crippen molar-refractivity contribution in [2.75, 3.05) is 18.5 Å². The second-order valence-electron chi connectivity index (χ2n) is 4.92. The minimum Gasteiger partial charge on any atom is -0.492 e. The lowest BCUT2D eigenvalue weighted by atomic mass is 10.2. The highest BCUT2D eigenvalue weighted by atomic mass is 16.5. The number of aryl methyl sites for hydroxylation is 1. The van der Waals surface area contributed by atoms with Gasteiger partial charge in [0.05, 0.1) is 18.2 Å². The summed E-state index contributed by atoms with van der Waals surface area (Å²) in [6.45, 7) is 2.87. The number of carbonyl (C=O) groups is 1. The minimum absolute atomic E-state index is 0.328. The number of urea groups is 1. The molecule has 2 amide bonds. The SMILES string of the molecule is CCc1cccc(OCCNC(=O)Nc2cccc(C#N)c2)c1. The van der Waals surface area contributed by atoms with Gasteiger partial charge >= 0.3 is 6.03 Å². The summed E-state index contributed by atoms with van der Waals surface area (Å²) in [5.41, 5.74) is 2.30. The lowest BCUT2D eigenvalue weighted by molar-refractivity contribution is 0.247. The maximum absolute atomic E-state index is 11.8. The van der Waals surface area contributed by atoms with Crippen LogP contribution in [-0.2, 0) is 6.42 Å². The molecule has 2 aromatic rings. The van der Waals surface area contributed by atoms with Crippen LogP contribution < -0.4 is 15.4 Å². The van der Waals surface area contributed by atoms with Gasteiger partial charge in [-0.25, -0.2) is 4.79 Å². The number of rotatable bonds is 6. The molecule has 5 heteroatoms. The van der Waals surface area contributed by atoms with Crippen LogP contribution >= 0.6 is 0 Å². The Hall–Kier alpha value is -3.00. The predicted octanol–water partition coefficient (Wildman–Crippen LogP) is 3.32. The van der Waals surface area contributed by atoms with E-state index in [0.29, 0.717) is 24.4 Å². The molecule has 0 aliphatic carbocycles. The molecule has 2 rings (SSSR count). The first-order valence-corrected chi connectivity index (χ1v) is 7.48. The summed E-state index contributed by atoms with van der Waals surface area (Å²) in [4.78, 5) is 11.8. The average Bonchev–Trinajstić information content (AvgIpc) is 2.59. The van der Waals surface area contributed by atoms with Crippen LogP contribution in [0.25, 0.3) is 0 Å². The third-order valence-corrected chi connectivity index (χ3v) is 3.21.